The van der Waals surface area contributed by atoms with Crippen molar-refractivity contribution in [2.24, 2.45) is 13.0 Å². The van der Waals surface area contributed by atoms with E-state index >= 15 is 0 Å². The first kappa shape index (κ1) is 18.7. The third-order valence-corrected chi connectivity index (χ3v) is 5.94. The Balaban J connectivity index is 1.28. The van der Waals surface area contributed by atoms with E-state index in [0.29, 0.717) is 11.6 Å². The standard InChI is InChI=1S/C22H28N4O2/c1-24-15-20(23-16-24)22(28)26-12-8-18(9-13-26)14-17-4-6-19(7-5-17)21(27)25-10-2-3-11-25/h4-7,15-16,18H,2-3,8-14H2,1H3. The van der Waals surface area contributed by atoms with Gasteiger partial charge in [0.25, 0.3) is 11.8 Å². The van der Waals surface area contributed by atoms with E-state index in [1.54, 1.807) is 17.1 Å². The van der Waals surface area contributed by atoms with E-state index in [1.807, 2.05) is 29.0 Å². The highest BCUT2D eigenvalue weighted by Crippen LogP contribution is 2.23. The number of piperidine rings is 1. The van der Waals surface area contributed by atoms with Crippen LogP contribution in [0.25, 0.3) is 0 Å². The van der Waals surface area contributed by atoms with E-state index < -0.39 is 0 Å². The third-order valence-electron chi connectivity index (χ3n) is 5.94. The van der Waals surface area contributed by atoms with Crippen molar-refractivity contribution in [2.75, 3.05) is 26.2 Å². The van der Waals surface area contributed by atoms with Gasteiger partial charge < -0.3 is 14.4 Å². The van der Waals surface area contributed by atoms with Gasteiger partial charge in [0.05, 0.1) is 6.33 Å². The molecule has 0 N–H and O–H groups in total. The van der Waals surface area contributed by atoms with Crippen LogP contribution in [0.3, 0.4) is 0 Å². The Morgan fingerprint density at radius 2 is 1.61 bits per heavy atom. The molecule has 0 unspecified atom stereocenters. The molecule has 0 radical (unpaired) electrons. The summed E-state index contributed by atoms with van der Waals surface area (Å²) in [5, 5.41) is 0. The van der Waals surface area contributed by atoms with Crippen LogP contribution in [-0.2, 0) is 13.5 Å². The van der Waals surface area contributed by atoms with Gasteiger partial charge in [0.2, 0.25) is 0 Å². The minimum Gasteiger partial charge on any atom is -0.340 e. The van der Waals surface area contributed by atoms with Gasteiger partial charge in [-0.2, -0.15) is 0 Å². The lowest BCUT2D eigenvalue weighted by atomic mass is 9.90. The van der Waals surface area contributed by atoms with Gasteiger partial charge in [-0.1, -0.05) is 12.1 Å². The van der Waals surface area contributed by atoms with Crippen molar-refractivity contribution in [1.29, 1.82) is 0 Å². The van der Waals surface area contributed by atoms with E-state index in [1.165, 1.54) is 5.56 Å². The quantitative estimate of drug-likeness (QED) is 0.820. The molecule has 2 aromatic rings. The molecule has 28 heavy (non-hydrogen) atoms. The Hall–Kier alpha value is -2.63. The van der Waals surface area contributed by atoms with Crippen LogP contribution < -0.4 is 0 Å². The zero-order chi connectivity index (χ0) is 19.5. The number of likely N-dealkylation sites (tertiary alicyclic amines) is 2. The largest absolute Gasteiger partial charge is 0.340 e. The van der Waals surface area contributed by atoms with E-state index in [2.05, 4.69) is 17.1 Å². The number of nitrogens with zero attached hydrogens (tertiary/aromatic N) is 4. The summed E-state index contributed by atoms with van der Waals surface area (Å²) in [5.41, 5.74) is 2.59. The van der Waals surface area contributed by atoms with Crippen molar-refractivity contribution in [3.8, 4) is 0 Å². The molecule has 0 bridgehead atoms. The number of aryl methyl sites for hydroxylation is 1. The highest BCUT2D eigenvalue weighted by molar-refractivity contribution is 5.94. The summed E-state index contributed by atoms with van der Waals surface area (Å²) in [4.78, 5) is 33.0. The summed E-state index contributed by atoms with van der Waals surface area (Å²) in [6.07, 6.45) is 8.69. The maximum Gasteiger partial charge on any atom is 0.274 e. The van der Waals surface area contributed by atoms with E-state index in [-0.39, 0.29) is 11.8 Å². The molecule has 1 aromatic carbocycles. The van der Waals surface area contributed by atoms with E-state index in [0.717, 1.165) is 63.8 Å². The first-order chi connectivity index (χ1) is 13.6. The Labute approximate surface area is 166 Å². The molecule has 2 aliphatic heterocycles. The first-order valence-corrected chi connectivity index (χ1v) is 10.3. The number of hydrogen-bond donors (Lipinski definition) is 0. The third kappa shape index (κ3) is 4.11. The van der Waals surface area contributed by atoms with Crippen molar-refractivity contribution >= 4 is 11.8 Å². The van der Waals surface area contributed by atoms with Gasteiger partial charge >= 0.3 is 0 Å². The molecule has 0 aliphatic carbocycles. The lowest BCUT2D eigenvalue weighted by molar-refractivity contribution is 0.0684. The molecule has 2 saturated heterocycles. The van der Waals surface area contributed by atoms with Crippen molar-refractivity contribution in [3.05, 3.63) is 53.6 Å². The van der Waals surface area contributed by atoms with E-state index in [4.69, 9.17) is 0 Å². The Kier molecular flexibility index (Phi) is 5.46. The number of hydrogen-bond acceptors (Lipinski definition) is 3. The zero-order valence-corrected chi connectivity index (χ0v) is 16.5. The number of carbonyl (C=O) groups is 2. The second-order valence-corrected chi connectivity index (χ2v) is 8.06. The molecule has 2 fully saturated rings. The molecule has 4 rings (SSSR count). The molecular formula is C22H28N4O2. The Bertz CT molecular complexity index is 828. The monoisotopic (exact) mass is 380 g/mol. The number of rotatable bonds is 4. The molecule has 6 nitrogen and oxygen atoms in total. The SMILES string of the molecule is Cn1cnc(C(=O)N2CCC(Cc3ccc(C(=O)N4CCCC4)cc3)CC2)c1. The molecule has 1 aromatic heterocycles. The van der Waals surface area contributed by atoms with E-state index in [9.17, 15) is 9.59 Å². The van der Waals surface area contributed by atoms with Crippen LogP contribution in [0.15, 0.2) is 36.8 Å². The van der Waals surface area contributed by atoms with Crippen molar-refractivity contribution < 1.29 is 9.59 Å². The second kappa shape index (κ2) is 8.17. The fourth-order valence-corrected chi connectivity index (χ4v) is 4.24. The van der Waals surface area contributed by atoms with Crippen LogP contribution >= 0.6 is 0 Å². The van der Waals surface area contributed by atoms with Crippen LogP contribution in [0, 0.1) is 5.92 Å². The summed E-state index contributed by atoms with van der Waals surface area (Å²) in [6.45, 7) is 3.34. The van der Waals surface area contributed by atoms with Gasteiger partial charge in [0.1, 0.15) is 5.69 Å². The number of imidazole rings is 1. The minimum absolute atomic E-state index is 0.0313. The first-order valence-electron chi connectivity index (χ1n) is 10.3. The molecule has 0 saturated carbocycles. The van der Waals surface area contributed by atoms with Crippen molar-refractivity contribution in [3.63, 3.8) is 0 Å². The molecule has 2 amide bonds. The van der Waals surface area contributed by atoms with Crippen LogP contribution in [-0.4, -0.2) is 57.3 Å². The number of aromatic nitrogens is 2. The van der Waals surface area contributed by atoms with Crippen molar-refractivity contribution in [2.45, 2.75) is 32.1 Å². The topological polar surface area (TPSA) is 58.4 Å². The number of carbonyl (C=O) groups excluding carboxylic acids is 2. The molecule has 148 valence electrons. The predicted octanol–water partition coefficient (Wildman–Crippen LogP) is 2.75. The van der Waals surface area contributed by atoms with Gasteiger partial charge in [-0.05, 0) is 55.7 Å². The average molecular weight is 380 g/mol. The fourth-order valence-electron chi connectivity index (χ4n) is 4.24. The van der Waals surface area contributed by atoms with Gasteiger partial charge in [-0.25, -0.2) is 4.98 Å². The summed E-state index contributed by atoms with van der Waals surface area (Å²) < 4.78 is 1.80. The maximum absolute atomic E-state index is 12.5. The normalized spacial score (nSPS) is 17.9. The second-order valence-electron chi connectivity index (χ2n) is 8.06. The Morgan fingerprint density at radius 1 is 0.964 bits per heavy atom. The van der Waals surface area contributed by atoms with Crippen LogP contribution in [0.1, 0.15) is 52.1 Å². The summed E-state index contributed by atoms with van der Waals surface area (Å²) in [7, 11) is 1.87. The Morgan fingerprint density at radius 3 is 2.21 bits per heavy atom. The maximum atomic E-state index is 12.5. The summed E-state index contributed by atoms with van der Waals surface area (Å²) in [5.74, 6) is 0.766. The molecule has 6 heteroatoms. The highest BCUT2D eigenvalue weighted by Gasteiger charge is 2.25. The summed E-state index contributed by atoms with van der Waals surface area (Å²) in [6, 6.07) is 8.12. The highest BCUT2D eigenvalue weighted by atomic mass is 16.2. The molecule has 0 spiro atoms. The predicted molar refractivity (Wildman–Crippen MR) is 107 cm³/mol. The van der Waals surface area contributed by atoms with Crippen LogP contribution in [0.4, 0.5) is 0 Å². The zero-order valence-electron chi connectivity index (χ0n) is 16.5. The smallest absolute Gasteiger partial charge is 0.274 e. The average Bonchev–Trinajstić information content (AvgIpc) is 3.40. The summed E-state index contributed by atoms with van der Waals surface area (Å²) >= 11 is 0. The lowest BCUT2D eigenvalue weighted by Gasteiger charge is -2.31. The number of benzene rings is 1. The number of amides is 2. The lowest BCUT2D eigenvalue weighted by Crippen LogP contribution is -2.39. The molecule has 0 atom stereocenters. The van der Waals surface area contributed by atoms with Crippen LogP contribution in [0.5, 0.6) is 0 Å². The van der Waals surface area contributed by atoms with Gasteiger partial charge in [-0.3, -0.25) is 9.59 Å². The van der Waals surface area contributed by atoms with Crippen LogP contribution in [0.2, 0.25) is 0 Å². The van der Waals surface area contributed by atoms with Gasteiger partial charge in [-0.15, -0.1) is 0 Å². The fraction of sp³-hybridized carbons (Fsp3) is 0.500. The molecule has 2 aliphatic rings. The van der Waals surface area contributed by atoms with Gasteiger partial charge in [0, 0.05) is 45.0 Å². The molecular weight excluding hydrogens is 352 g/mol. The van der Waals surface area contributed by atoms with Crippen molar-refractivity contribution in [1.82, 2.24) is 19.4 Å². The van der Waals surface area contributed by atoms with Gasteiger partial charge in [0.15, 0.2) is 0 Å². The molecule has 3 heterocycles. The minimum atomic E-state index is 0.0313.